The van der Waals surface area contributed by atoms with E-state index in [9.17, 15) is 4.79 Å². The average molecular weight is 378 g/mol. The van der Waals surface area contributed by atoms with Gasteiger partial charge in [-0.3, -0.25) is 4.79 Å². The molecule has 1 aliphatic rings. The molecule has 0 spiro atoms. The highest BCUT2D eigenvalue weighted by atomic mass is 32.2. The number of amides is 1. The third-order valence-electron chi connectivity index (χ3n) is 4.28. The maximum Gasteiger partial charge on any atom is 0.233 e. The van der Waals surface area contributed by atoms with Crippen molar-refractivity contribution in [1.82, 2.24) is 14.7 Å². The number of rotatable bonds is 7. The van der Waals surface area contributed by atoms with Gasteiger partial charge in [0, 0.05) is 29.3 Å². The predicted octanol–water partition coefficient (Wildman–Crippen LogP) is 2.79. The third-order valence-corrected chi connectivity index (χ3v) is 6.44. The molecule has 0 aliphatic carbocycles. The second-order valence-electron chi connectivity index (χ2n) is 5.92. The molecule has 2 aromatic rings. The number of thioether (sulfide) groups is 2. The zero-order chi connectivity index (χ0) is 17.8. The van der Waals surface area contributed by atoms with Crippen LogP contribution in [0.4, 0.5) is 0 Å². The molecule has 25 heavy (non-hydrogen) atoms. The number of aromatic nitrogens is 2. The van der Waals surface area contributed by atoms with Crippen molar-refractivity contribution in [2.75, 3.05) is 30.4 Å². The molecule has 0 bridgehead atoms. The minimum absolute atomic E-state index is 0.0275. The van der Waals surface area contributed by atoms with Crippen molar-refractivity contribution in [2.45, 2.75) is 19.2 Å². The molecule has 1 amide bonds. The number of aryl methyl sites for hydroxylation is 1. The van der Waals surface area contributed by atoms with Crippen molar-refractivity contribution >= 4 is 29.4 Å². The van der Waals surface area contributed by atoms with Gasteiger partial charge in [0.05, 0.1) is 23.7 Å². The van der Waals surface area contributed by atoms with Crippen molar-refractivity contribution in [3.8, 4) is 5.69 Å². The molecule has 2 heterocycles. The van der Waals surface area contributed by atoms with Crippen LogP contribution in [-0.4, -0.2) is 56.1 Å². The Morgan fingerprint density at radius 2 is 2.04 bits per heavy atom. The third kappa shape index (κ3) is 3.88. The first-order valence-electron chi connectivity index (χ1n) is 8.34. The fraction of sp³-hybridized carbons (Fsp3) is 0.444. The lowest BCUT2D eigenvalue weighted by Gasteiger charge is -2.24. The molecule has 1 aliphatic heterocycles. The fourth-order valence-electron chi connectivity index (χ4n) is 3.10. The average Bonchev–Trinajstić information content (AvgIpc) is 3.12. The highest BCUT2D eigenvalue weighted by Crippen LogP contribution is 2.41. The van der Waals surface area contributed by atoms with Gasteiger partial charge in [-0.2, -0.15) is 16.9 Å². The zero-order valence-corrected chi connectivity index (χ0v) is 16.1. The Balaban J connectivity index is 1.85. The first-order chi connectivity index (χ1) is 12.1. The number of hydrogen-bond acceptors (Lipinski definition) is 5. The number of aliphatic hydroxyl groups excluding tert-OH is 1. The van der Waals surface area contributed by atoms with Gasteiger partial charge in [0.25, 0.3) is 0 Å². The molecule has 1 unspecified atom stereocenters. The molecule has 1 fully saturated rings. The Morgan fingerprint density at radius 1 is 1.28 bits per heavy atom. The number of nitrogens with zero attached hydrogens (tertiary/aromatic N) is 3. The van der Waals surface area contributed by atoms with Crippen LogP contribution in [0, 0.1) is 13.8 Å². The quantitative estimate of drug-likeness (QED) is 0.752. The molecule has 1 saturated heterocycles. The van der Waals surface area contributed by atoms with Crippen molar-refractivity contribution in [2.24, 2.45) is 0 Å². The maximum atomic E-state index is 12.3. The summed E-state index contributed by atoms with van der Waals surface area (Å²) in [6.45, 7) is 4.98. The van der Waals surface area contributed by atoms with Crippen molar-refractivity contribution in [3.63, 3.8) is 0 Å². The predicted molar refractivity (Wildman–Crippen MR) is 104 cm³/mol. The van der Waals surface area contributed by atoms with Crippen LogP contribution in [0.1, 0.15) is 22.3 Å². The molecule has 1 N–H and O–H groups in total. The topological polar surface area (TPSA) is 58.4 Å². The van der Waals surface area contributed by atoms with Gasteiger partial charge in [-0.15, -0.1) is 11.8 Å². The number of carbonyl (C=O) groups is 1. The number of aliphatic hydroxyl groups is 1. The Kier molecular flexibility index (Phi) is 6.09. The van der Waals surface area contributed by atoms with Crippen LogP contribution >= 0.6 is 23.5 Å². The van der Waals surface area contributed by atoms with E-state index in [4.69, 9.17) is 10.2 Å². The van der Waals surface area contributed by atoms with Crippen LogP contribution in [0.15, 0.2) is 30.3 Å². The SMILES string of the molecule is Cc1nn(-c2ccccc2)c(C)c1C1SCC(=O)N1CCSCCO. The normalized spacial score (nSPS) is 17.5. The molecule has 0 saturated carbocycles. The minimum Gasteiger partial charge on any atom is -0.396 e. The second-order valence-corrected chi connectivity index (χ2v) is 8.21. The van der Waals surface area contributed by atoms with Gasteiger partial charge in [-0.05, 0) is 26.0 Å². The summed E-state index contributed by atoms with van der Waals surface area (Å²) in [5, 5.41) is 13.7. The largest absolute Gasteiger partial charge is 0.396 e. The van der Waals surface area contributed by atoms with Gasteiger partial charge in [0.2, 0.25) is 5.91 Å². The number of benzene rings is 1. The van der Waals surface area contributed by atoms with E-state index in [0.29, 0.717) is 18.1 Å². The highest BCUT2D eigenvalue weighted by Gasteiger charge is 2.35. The maximum absolute atomic E-state index is 12.3. The summed E-state index contributed by atoms with van der Waals surface area (Å²) < 4.78 is 1.96. The lowest BCUT2D eigenvalue weighted by Crippen LogP contribution is -2.31. The highest BCUT2D eigenvalue weighted by molar-refractivity contribution is 8.00. The Bertz CT molecular complexity index is 733. The molecule has 7 heteroatoms. The van der Waals surface area contributed by atoms with E-state index < -0.39 is 0 Å². The van der Waals surface area contributed by atoms with Crippen LogP contribution in [0.3, 0.4) is 0 Å². The lowest BCUT2D eigenvalue weighted by molar-refractivity contribution is -0.127. The van der Waals surface area contributed by atoms with Crippen LogP contribution in [-0.2, 0) is 4.79 Å². The Morgan fingerprint density at radius 3 is 2.76 bits per heavy atom. The van der Waals surface area contributed by atoms with E-state index in [0.717, 1.165) is 28.4 Å². The van der Waals surface area contributed by atoms with Crippen LogP contribution in [0.25, 0.3) is 5.69 Å². The molecule has 0 radical (unpaired) electrons. The first kappa shape index (κ1) is 18.4. The van der Waals surface area contributed by atoms with E-state index in [1.807, 2.05) is 46.8 Å². The summed E-state index contributed by atoms with van der Waals surface area (Å²) in [4.78, 5) is 14.3. The van der Waals surface area contributed by atoms with Crippen LogP contribution in [0.5, 0.6) is 0 Å². The molecule has 1 aromatic heterocycles. The summed E-state index contributed by atoms with van der Waals surface area (Å²) in [5.41, 5.74) is 4.24. The molecule has 5 nitrogen and oxygen atoms in total. The van der Waals surface area contributed by atoms with Gasteiger partial charge < -0.3 is 10.0 Å². The van der Waals surface area contributed by atoms with Gasteiger partial charge in [0.15, 0.2) is 0 Å². The molecule has 3 rings (SSSR count). The summed E-state index contributed by atoms with van der Waals surface area (Å²) in [7, 11) is 0. The van der Waals surface area contributed by atoms with E-state index in [2.05, 4.69) is 6.92 Å². The van der Waals surface area contributed by atoms with Crippen molar-refractivity contribution < 1.29 is 9.90 Å². The Hall–Kier alpha value is -1.44. The summed E-state index contributed by atoms with van der Waals surface area (Å²) in [6.07, 6.45) is 0. The van der Waals surface area contributed by atoms with Crippen LogP contribution < -0.4 is 0 Å². The molecular formula is C18H23N3O2S2. The second kappa shape index (κ2) is 8.29. The minimum atomic E-state index is 0.0275. The van der Waals surface area contributed by atoms with Gasteiger partial charge in [-0.25, -0.2) is 4.68 Å². The fourth-order valence-corrected chi connectivity index (χ4v) is 5.13. The summed E-state index contributed by atoms with van der Waals surface area (Å²) in [6, 6.07) is 10.1. The molecule has 1 atom stereocenters. The van der Waals surface area contributed by atoms with E-state index in [-0.39, 0.29) is 17.9 Å². The van der Waals surface area contributed by atoms with Gasteiger partial charge in [-0.1, -0.05) is 18.2 Å². The summed E-state index contributed by atoms with van der Waals surface area (Å²) >= 11 is 3.35. The molecular weight excluding hydrogens is 354 g/mol. The zero-order valence-electron chi connectivity index (χ0n) is 14.5. The monoisotopic (exact) mass is 377 g/mol. The van der Waals surface area contributed by atoms with Crippen LogP contribution in [0.2, 0.25) is 0 Å². The van der Waals surface area contributed by atoms with E-state index in [1.165, 1.54) is 0 Å². The van der Waals surface area contributed by atoms with Gasteiger partial charge >= 0.3 is 0 Å². The molecule has 1 aromatic carbocycles. The smallest absolute Gasteiger partial charge is 0.233 e. The van der Waals surface area contributed by atoms with Crippen molar-refractivity contribution in [3.05, 3.63) is 47.3 Å². The van der Waals surface area contributed by atoms with E-state index in [1.54, 1.807) is 23.5 Å². The van der Waals surface area contributed by atoms with E-state index >= 15 is 0 Å². The lowest BCUT2D eigenvalue weighted by atomic mass is 10.1. The standard InChI is InChI=1S/C18H23N3O2S2/c1-13-17(14(2)21(19-13)15-6-4-3-5-7-15)18-20(16(23)12-25-18)8-10-24-11-9-22/h3-7,18,22H,8-12H2,1-2H3. The van der Waals surface area contributed by atoms with Crippen molar-refractivity contribution in [1.29, 1.82) is 0 Å². The summed E-state index contributed by atoms with van der Waals surface area (Å²) in [5.74, 6) is 2.26. The number of para-hydroxylation sites is 1. The molecule has 134 valence electrons. The Labute approximate surface area is 156 Å². The van der Waals surface area contributed by atoms with Gasteiger partial charge in [0.1, 0.15) is 5.37 Å². The number of carbonyl (C=O) groups excluding carboxylic acids is 1. The first-order valence-corrected chi connectivity index (χ1v) is 10.5. The number of hydrogen-bond donors (Lipinski definition) is 1.